The number of rotatable bonds is 5. The van der Waals surface area contributed by atoms with Gasteiger partial charge in [0.2, 0.25) is 5.91 Å². The van der Waals surface area contributed by atoms with Crippen LogP contribution in [0.2, 0.25) is 0 Å². The molecule has 0 saturated carbocycles. The highest BCUT2D eigenvalue weighted by Gasteiger charge is 2.32. The fourth-order valence-corrected chi connectivity index (χ4v) is 1.22. The highest BCUT2D eigenvalue weighted by atomic mass is 19.4. The van der Waals surface area contributed by atoms with Crippen LogP contribution >= 0.6 is 0 Å². The summed E-state index contributed by atoms with van der Waals surface area (Å²) < 4.78 is 36.7. The maximum atomic E-state index is 12.2. The third kappa shape index (κ3) is 4.70. The summed E-state index contributed by atoms with van der Waals surface area (Å²) in [6, 6.07) is 2.00. The van der Waals surface area contributed by atoms with Crippen LogP contribution in [0.3, 0.4) is 0 Å². The van der Waals surface area contributed by atoms with Gasteiger partial charge in [0.1, 0.15) is 5.69 Å². The van der Waals surface area contributed by atoms with Gasteiger partial charge in [-0.3, -0.25) is 4.79 Å². The van der Waals surface area contributed by atoms with Crippen molar-refractivity contribution in [3.05, 3.63) is 24.0 Å². The first kappa shape index (κ1) is 14.4. The maximum Gasteiger partial charge on any atom is 0.433 e. The SMILES string of the molecule is CCCNCC(=O)Nc1ccc(C(F)(F)F)nc1. The van der Waals surface area contributed by atoms with Crippen molar-refractivity contribution in [2.75, 3.05) is 18.4 Å². The fourth-order valence-electron chi connectivity index (χ4n) is 1.22. The number of hydrogen-bond acceptors (Lipinski definition) is 3. The zero-order chi connectivity index (χ0) is 13.6. The minimum atomic E-state index is -4.47. The van der Waals surface area contributed by atoms with Crippen LogP contribution in [0.15, 0.2) is 18.3 Å². The van der Waals surface area contributed by atoms with Crippen molar-refractivity contribution in [2.24, 2.45) is 0 Å². The lowest BCUT2D eigenvalue weighted by atomic mass is 10.3. The Kier molecular flexibility index (Phi) is 5.08. The van der Waals surface area contributed by atoms with E-state index < -0.39 is 11.9 Å². The largest absolute Gasteiger partial charge is 0.433 e. The molecule has 1 aromatic heterocycles. The van der Waals surface area contributed by atoms with Crippen molar-refractivity contribution in [3.63, 3.8) is 0 Å². The summed E-state index contributed by atoms with van der Waals surface area (Å²) in [4.78, 5) is 14.6. The molecule has 7 heteroatoms. The number of hydrogen-bond donors (Lipinski definition) is 2. The Morgan fingerprint density at radius 1 is 1.39 bits per heavy atom. The number of aromatic nitrogens is 1. The van der Waals surface area contributed by atoms with E-state index in [4.69, 9.17) is 0 Å². The van der Waals surface area contributed by atoms with Crippen LogP contribution in [0.1, 0.15) is 19.0 Å². The van der Waals surface area contributed by atoms with Gasteiger partial charge in [0, 0.05) is 0 Å². The van der Waals surface area contributed by atoms with Gasteiger partial charge in [-0.15, -0.1) is 0 Å². The molecule has 1 amide bonds. The van der Waals surface area contributed by atoms with Crippen LogP contribution in [0.5, 0.6) is 0 Å². The first-order valence-electron chi connectivity index (χ1n) is 5.47. The van der Waals surface area contributed by atoms with Gasteiger partial charge in [-0.1, -0.05) is 6.92 Å². The number of carbonyl (C=O) groups is 1. The van der Waals surface area contributed by atoms with Crippen LogP contribution in [-0.4, -0.2) is 24.0 Å². The molecule has 100 valence electrons. The summed E-state index contributed by atoms with van der Waals surface area (Å²) in [7, 11) is 0. The van der Waals surface area contributed by atoms with E-state index in [9.17, 15) is 18.0 Å². The molecule has 0 aliphatic carbocycles. The minimum Gasteiger partial charge on any atom is -0.324 e. The van der Waals surface area contributed by atoms with Crippen molar-refractivity contribution in [2.45, 2.75) is 19.5 Å². The van der Waals surface area contributed by atoms with Gasteiger partial charge in [0.25, 0.3) is 0 Å². The summed E-state index contributed by atoms with van der Waals surface area (Å²) in [6.07, 6.45) is -2.58. The molecule has 0 unspecified atom stereocenters. The Bertz CT molecular complexity index is 390. The number of nitrogens with one attached hydrogen (secondary N) is 2. The fraction of sp³-hybridized carbons (Fsp3) is 0.455. The van der Waals surface area contributed by atoms with E-state index in [2.05, 4.69) is 15.6 Å². The highest BCUT2D eigenvalue weighted by molar-refractivity contribution is 5.92. The van der Waals surface area contributed by atoms with Crippen LogP contribution < -0.4 is 10.6 Å². The quantitative estimate of drug-likeness (QED) is 0.797. The van der Waals surface area contributed by atoms with Gasteiger partial charge in [-0.25, -0.2) is 4.98 Å². The molecule has 1 aromatic rings. The van der Waals surface area contributed by atoms with Crippen LogP contribution in [0, 0.1) is 0 Å². The highest BCUT2D eigenvalue weighted by Crippen LogP contribution is 2.27. The topological polar surface area (TPSA) is 54.0 Å². The average molecular weight is 261 g/mol. The molecule has 0 spiro atoms. The van der Waals surface area contributed by atoms with Gasteiger partial charge in [-0.2, -0.15) is 13.2 Å². The number of anilines is 1. The minimum absolute atomic E-state index is 0.120. The molecule has 2 N–H and O–H groups in total. The summed E-state index contributed by atoms with van der Waals surface area (Å²) in [6.45, 7) is 2.79. The zero-order valence-corrected chi connectivity index (χ0v) is 9.84. The Labute approximate surface area is 103 Å². The zero-order valence-electron chi connectivity index (χ0n) is 9.84. The third-order valence-corrected chi connectivity index (χ3v) is 2.05. The molecule has 0 atom stereocenters. The second-order valence-corrected chi connectivity index (χ2v) is 3.65. The van der Waals surface area contributed by atoms with E-state index in [-0.39, 0.29) is 18.1 Å². The van der Waals surface area contributed by atoms with Crippen molar-refractivity contribution < 1.29 is 18.0 Å². The monoisotopic (exact) mass is 261 g/mol. The maximum absolute atomic E-state index is 12.2. The van der Waals surface area contributed by atoms with Crippen molar-refractivity contribution >= 4 is 11.6 Å². The van der Waals surface area contributed by atoms with Crippen LogP contribution in [0.4, 0.5) is 18.9 Å². The van der Waals surface area contributed by atoms with E-state index in [1.54, 1.807) is 0 Å². The number of nitrogens with zero attached hydrogens (tertiary/aromatic N) is 1. The molecule has 0 aliphatic heterocycles. The molecule has 0 radical (unpaired) electrons. The third-order valence-electron chi connectivity index (χ3n) is 2.05. The second-order valence-electron chi connectivity index (χ2n) is 3.65. The lowest BCUT2D eigenvalue weighted by molar-refractivity contribution is -0.141. The van der Waals surface area contributed by atoms with Gasteiger partial charge in [0.05, 0.1) is 18.4 Å². The molecule has 0 aromatic carbocycles. The molecule has 0 saturated heterocycles. The molecule has 0 bridgehead atoms. The number of amides is 1. The van der Waals surface area contributed by atoms with Crippen LogP contribution in [0.25, 0.3) is 0 Å². The summed E-state index contributed by atoms with van der Waals surface area (Å²) in [5, 5.41) is 5.33. The number of pyridine rings is 1. The summed E-state index contributed by atoms with van der Waals surface area (Å²) in [5.41, 5.74) is -0.740. The van der Waals surface area contributed by atoms with E-state index in [1.165, 1.54) is 6.07 Å². The molecular weight excluding hydrogens is 247 g/mol. The molecule has 18 heavy (non-hydrogen) atoms. The van der Waals surface area contributed by atoms with E-state index >= 15 is 0 Å². The second kappa shape index (κ2) is 6.34. The number of carbonyl (C=O) groups excluding carboxylic acids is 1. The molecule has 0 aliphatic rings. The molecule has 4 nitrogen and oxygen atoms in total. The van der Waals surface area contributed by atoms with Gasteiger partial charge in [0.15, 0.2) is 0 Å². The lowest BCUT2D eigenvalue weighted by Crippen LogP contribution is -2.28. The van der Waals surface area contributed by atoms with Gasteiger partial charge < -0.3 is 10.6 Å². The molecule has 1 heterocycles. The number of alkyl halides is 3. The Morgan fingerprint density at radius 2 is 2.11 bits per heavy atom. The molecular formula is C11H14F3N3O. The smallest absolute Gasteiger partial charge is 0.324 e. The normalized spacial score (nSPS) is 11.3. The first-order chi connectivity index (χ1) is 8.43. The van der Waals surface area contributed by atoms with E-state index in [0.29, 0.717) is 6.54 Å². The average Bonchev–Trinajstić information content (AvgIpc) is 2.29. The van der Waals surface area contributed by atoms with Gasteiger partial charge >= 0.3 is 6.18 Å². The number of halogens is 3. The van der Waals surface area contributed by atoms with Crippen molar-refractivity contribution in [1.29, 1.82) is 0 Å². The van der Waals surface area contributed by atoms with Crippen LogP contribution in [-0.2, 0) is 11.0 Å². The Balaban J connectivity index is 2.51. The first-order valence-corrected chi connectivity index (χ1v) is 5.47. The van der Waals surface area contributed by atoms with Crippen molar-refractivity contribution in [1.82, 2.24) is 10.3 Å². The summed E-state index contributed by atoms with van der Waals surface area (Å²) in [5.74, 6) is -0.315. The standard InChI is InChI=1S/C11H14F3N3O/c1-2-5-15-7-10(18)17-8-3-4-9(16-6-8)11(12,13)14/h3-4,6,15H,2,5,7H2,1H3,(H,17,18). The predicted octanol–water partition coefficient (Wildman–Crippen LogP) is 2.04. The predicted molar refractivity (Wildman–Crippen MR) is 61.0 cm³/mol. The van der Waals surface area contributed by atoms with Crippen molar-refractivity contribution in [3.8, 4) is 0 Å². The Morgan fingerprint density at radius 3 is 2.61 bits per heavy atom. The summed E-state index contributed by atoms with van der Waals surface area (Å²) >= 11 is 0. The van der Waals surface area contributed by atoms with E-state index in [0.717, 1.165) is 18.7 Å². The lowest BCUT2D eigenvalue weighted by Gasteiger charge is -2.08. The Hall–Kier alpha value is -1.63. The molecule has 1 rings (SSSR count). The molecule has 0 fully saturated rings. The van der Waals surface area contributed by atoms with Gasteiger partial charge in [-0.05, 0) is 25.1 Å². The van der Waals surface area contributed by atoms with E-state index in [1.807, 2.05) is 6.92 Å².